The second-order valence-electron chi connectivity index (χ2n) is 5.33. The van der Waals surface area contributed by atoms with Crippen molar-refractivity contribution in [3.8, 4) is 0 Å². The Morgan fingerprint density at radius 1 is 1.25 bits per heavy atom. The quantitative estimate of drug-likeness (QED) is 0.711. The average Bonchev–Trinajstić information content (AvgIpc) is 2.81. The molecule has 0 bridgehead atoms. The van der Waals surface area contributed by atoms with Crippen LogP contribution in [0.1, 0.15) is 31.7 Å². The van der Waals surface area contributed by atoms with Crippen molar-refractivity contribution in [2.75, 3.05) is 0 Å². The number of allylic oxidation sites excluding steroid dienone is 1. The summed E-state index contributed by atoms with van der Waals surface area (Å²) in [7, 11) is 0. The summed E-state index contributed by atoms with van der Waals surface area (Å²) in [5.41, 5.74) is 1.93. The van der Waals surface area contributed by atoms with Gasteiger partial charge in [-0.1, -0.05) is 42.0 Å². The van der Waals surface area contributed by atoms with Crippen molar-refractivity contribution in [3.63, 3.8) is 0 Å². The summed E-state index contributed by atoms with van der Waals surface area (Å²) in [6, 6.07) is 10.2. The summed E-state index contributed by atoms with van der Waals surface area (Å²) in [4.78, 5) is 0. The zero-order valence-corrected chi connectivity index (χ0v) is 9.69. The van der Waals surface area contributed by atoms with Crippen LogP contribution in [0.4, 0.5) is 0 Å². The van der Waals surface area contributed by atoms with Gasteiger partial charge in [0, 0.05) is 5.92 Å². The first kappa shape index (κ1) is 10.1. The number of hydrogen-bond acceptors (Lipinski definition) is 1. The topological polar surface area (TPSA) is 20.2 Å². The van der Waals surface area contributed by atoms with Crippen LogP contribution in [0.2, 0.25) is 0 Å². The van der Waals surface area contributed by atoms with Crippen LogP contribution >= 0.6 is 0 Å². The van der Waals surface area contributed by atoms with Crippen LogP contribution in [-0.4, -0.2) is 5.11 Å². The number of fused-ring (bicyclic) bond motifs is 1. The summed E-state index contributed by atoms with van der Waals surface area (Å²) in [5, 5.41) is 10.9. The summed E-state index contributed by atoms with van der Waals surface area (Å²) >= 11 is 0. The highest BCUT2D eigenvalue weighted by molar-refractivity contribution is 5.30. The molecule has 1 N–H and O–H groups in total. The highest BCUT2D eigenvalue weighted by Gasteiger charge is 2.48. The highest BCUT2D eigenvalue weighted by atomic mass is 16.3. The molecule has 0 aromatic heterocycles. The minimum absolute atomic E-state index is 0.342. The molecule has 0 spiro atoms. The number of rotatable bonds is 1. The normalized spacial score (nSPS) is 37.2. The molecule has 1 saturated carbocycles. The van der Waals surface area contributed by atoms with Crippen molar-refractivity contribution in [3.05, 3.63) is 47.5 Å². The Balaban J connectivity index is 2.00. The molecule has 16 heavy (non-hydrogen) atoms. The van der Waals surface area contributed by atoms with Crippen molar-refractivity contribution in [2.45, 2.75) is 31.8 Å². The fraction of sp³-hybridized carbons (Fsp3) is 0.467. The van der Waals surface area contributed by atoms with E-state index in [1.54, 1.807) is 0 Å². The van der Waals surface area contributed by atoms with Gasteiger partial charge >= 0.3 is 0 Å². The Kier molecular flexibility index (Phi) is 2.18. The molecule has 1 fully saturated rings. The van der Waals surface area contributed by atoms with Gasteiger partial charge in [0.15, 0.2) is 0 Å². The molecule has 0 aliphatic heterocycles. The third-order valence-corrected chi connectivity index (χ3v) is 4.28. The van der Waals surface area contributed by atoms with E-state index >= 15 is 0 Å². The Morgan fingerprint density at radius 3 is 2.75 bits per heavy atom. The van der Waals surface area contributed by atoms with E-state index in [1.165, 1.54) is 12.0 Å². The Hall–Kier alpha value is -1.08. The minimum Gasteiger partial charge on any atom is -0.385 e. The minimum atomic E-state index is -0.607. The number of hydrogen-bond donors (Lipinski definition) is 1. The van der Waals surface area contributed by atoms with Crippen LogP contribution in [-0.2, 0) is 5.60 Å². The van der Waals surface area contributed by atoms with Gasteiger partial charge in [-0.25, -0.2) is 0 Å². The van der Waals surface area contributed by atoms with Crippen LogP contribution < -0.4 is 0 Å². The van der Waals surface area contributed by atoms with E-state index in [2.05, 4.69) is 25.1 Å². The molecular formula is C15H18O. The molecule has 3 atom stereocenters. The van der Waals surface area contributed by atoms with Gasteiger partial charge in [-0.15, -0.1) is 0 Å². The largest absolute Gasteiger partial charge is 0.385 e. The van der Waals surface area contributed by atoms with Crippen molar-refractivity contribution in [1.82, 2.24) is 0 Å². The fourth-order valence-electron chi connectivity index (χ4n) is 3.50. The van der Waals surface area contributed by atoms with Gasteiger partial charge in [0.1, 0.15) is 0 Å². The maximum absolute atomic E-state index is 10.9. The lowest BCUT2D eigenvalue weighted by Crippen LogP contribution is -2.30. The number of aliphatic hydroxyl groups is 1. The van der Waals surface area contributed by atoms with Crippen LogP contribution in [0.5, 0.6) is 0 Å². The van der Waals surface area contributed by atoms with E-state index in [4.69, 9.17) is 0 Å². The van der Waals surface area contributed by atoms with Crippen LogP contribution in [0.3, 0.4) is 0 Å². The molecule has 0 heterocycles. The van der Waals surface area contributed by atoms with Gasteiger partial charge in [-0.05, 0) is 37.7 Å². The van der Waals surface area contributed by atoms with Crippen LogP contribution in [0, 0.1) is 11.8 Å². The lowest BCUT2D eigenvalue weighted by Gasteiger charge is -2.29. The van der Waals surface area contributed by atoms with Gasteiger partial charge in [0.2, 0.25) is 0 Å². The molecule has 2 aliphatic carbocycles. The number of benzene rings is 1. The molecule has 3 rings (SSSR count). The Labute approximate surface area is 96.8 Å². The molecule has 1 nitrogen and oxygen atoms in total. The van der Waals surface area contributed by atoms with Gasteiger partial charge < -0.3 is 5.11 Å². The van der Waals surface area contributed by atoms with E-state index in [0.29, 0.717) is 11.8 Å². The molecule has 1 aromatic carbocycles. The average molecular weight is 214 g/mol. The summed E-state index contributed by atoms with van der Waals surface area (Å²) < 4.78 is 0. The van der Waals surface area contributed by atoms with E-state index in [9.17, 15) is 5.11 Å². The van der Waals surface area contributed by atoms with Crippen LogP contribution in [0.25, 0.3) is 0 Å². The fourth-order valence-corrected chi connectivity index (χ4v) is 3.50. The predicted molar refractivity (Wildman–Crippen MR) is 64.9 cm³/mol. The Bertz CT molecular complexity index is 420. The van der Waals surface area contributed by atoms with Gasteiger partial charge in [0.05, 0.1) is 5.60 Å². The third-order valence-electron chi connectivity index (χ3n) is 4.28. The summed E-state index contributed by atoms with van der Waals surface area (Å²) in [6.45, 7) is 2.18. The van der Waals surface area contributed by atoms with Crippen molar-refractivity contribution in [2.24, 2.45) is 11.8 Å². The van der Waals surface area contributed by atoms with Crippen molar-refractivity contribution in [1.29, 1.82) is 0 Å². The zero-order chi connectivity index (χ0) is 11.2. The molecule has 84 valence electrons. The molecular weight excluding hydrogens is 196 g/mol. The van der Waals surface area contributed by atoms with E-state index in [0.717, 1.165) is 18.4 Å². The Morgan fingerprint density at radius 2 is 2.00 bits per heavy atom. The zero-order valence-electron chi connectivity index (χ0n) is 9.69. The second-order valence-corrected chi connectivity index (χ2v) is 5.33. The molecule has 0 unspecified atom stereocenters. The first-order valence-electron chi connectivity index (χ1n) is 6.15. The molecule has 2 aliphatic rings. The summed E-state index contributed by atoms with van der Waals surface area (Å²) in [5.74, 6) is 1.01. The SMILES string of the molecule is CC1=C[C@@H]2[C@@H](CC[C@@]2(O)c2ccccc2)C1. The lowest BCUT2D eigenvalue weighted by molar-refractivity contribution is 0.00951. The first-order chi connectivity index (χ1) is 7.70. The van der Waals surface area contributed by atoms with Crippen molar-refractivity contribution >= 4 is 0 Å². The second kappa shape index (κ2) is 3.46. The molecule has 0 saturated heterocycles. The van der Waals surface area contributed by atoms with Gasteiger partial charge in [-0.3, -0.25) is 0 Å². The van der Waals surface area contributed by atoms with Gasteiger partial charge in [0.25, 0.3) is 0 Å². The van der Waals surface area contributed by atoms with E-state index in [1.807, 2.05) is 18.2 Å². The monoisotopic (exact) mass is 214 g/mol. The summed E-state index contributed by atoms with van der Waals surface area (Å²) in [6.07, 6.45) is 5.55. The molecule has 0 radical (unpaired) electrons. The van der Waals surface area contributed by atoms with Gasteiger partial charge in [-0.2, -0.15) is 0 Å². The first-order valence-corrected chi connectivity index (χ1v) is 6.15. The van der Waals surface area contributed by atoms with Crippen LogP contribution in [0.15, 0.2) is 42.0 Å². The molecule has 1 heteroatoms. The van der Waals surface area contributed by atoms with E-state index < -0.39 is 5.60 Å². The van der Waals surface area contributed by atoms with E-state index in [-0.39, 0.29) is 0 Å². The smallest absolute Gasteiger partial charge is 0.0961 e. The standard InChI is InChI=1S/C15H18O/c1-11-9-12-7-8-15(16,14(12)10-11)13-5-3-2-4-6-13/h2-6,10,12,14,16H,7-9H2,1H3/t12-,14+,15+/m0/s1. The maximum Gasteiger partial charge on any atom is 0.0961 e. The predicted octanol–water partition coefficient (Wildman–Crippen LogP) is 3.25. The molecule has 1 aromatic rings. The third kappa shape index (κ3) is 1.35. The highest BCUT2D eigenvalue weighted by Crippen LogP contribution is 2.53. The van der Waals surface area contributed by atoms with Crippen molar-refractivity contribution < 1.29 is 5.11 Å². The lowest BCUT2D eigenvalue weighted by atomic mass is 9.82. The molecule has 0 amide bonds. The maximum atomic E-state index is 10.9.